The van der Waals surface area contributed by atoms with Gasteiger partial charge in [-0.3, -0.25) is 4.79 Å². The van der Waals surface area contributed by atoms with Gasteiger partial charge < -0.3 is 10.0 Å². The molecule has 4 saturated carbocycles. The molecule has 1 N–H and O–H groups in total. The highest BCUT2D eigenvalue weighted by Gasteiger charge is 2.51. The van der Waals surface area contributed by atoms with Gasteiger partial charge in [0.15, 0.2) is 0 Å². The lowest BCUT2D eigenvalue weighted by molar-refractivity contribution is -0.131. The molecule has 5 aliphatic rings. The zero-order valence-corrected chi connectivity index (χ0v) is 15.5. The third kappa shape index (κ3) is 2.91. The Morgan fingerprint density at radius 1 is 1.12 bits per heavy atom. The number of hydrogen-bond acceptors (Lipinski definition) is 3. The van der Waals surface area contributed by atoms with E-state index in [1.54, 1.807) is 0 Å². The van der Waals surface area contributed by atoms with Crippen molar-refractivity contribution in [3.63, 3.8) is 0 Å². The molecule has 25 heavy (non-hydrogen) atoms. The summed E-state index contributed by atoms with van der Waals surface area (Å²) in [4.78, 5) is 14.7. The Balaban J connectivity index is 1.24. The first kappa shape index (κ1) is 16.2. The summed E-state index contributed by atoms with van der Waals surface area (Å²) in [7, 11) is 0. The van der Waals surface area contributed by atoms with Crippen LogP contribution < -0.4 is 0 Å². The van der Waals surface area contributed by atoms with Crippen molar-refractivity contribution >= 4 is 17.7 Å². The number of β-amino-alcohol motifs (C(OH)–C–C–N with tert-alkyl or cyclic N) is 1. The van der Waals surface area contributed by atoms with Crippen molar-refractivity contribution < 1.29 is 9.90 Å². The Bertz CT molecular complexity index is 653. The third-order valence-electron chi connectivity index (χ3n) is 7.01. The molecule has 3 nitrogen and oxygen atoms in total. The van der Waals surface area contributed by atoms with Gasteiger partial charge in [-0.1, -0.05) is 24.3 Å². The molecule has 4 aliphatic carbocycles. The summed E-state index contributed by atoms with van der Waals surface area (Å²) in [5.74, 6) is 3.57. The zero-order valence-electron chi connectivity index (χ0n) is 14.7. The minimum Gasteiger partial charge on any atom is -0.387 e. The predicted octanol–water partition coefficient (Wildman–Crippen LogP) is 3.76. The largest absolute Gasteiger partial charge is 0.387 e. The molecule has 4 fully saturated rings. The van der Waals surface area contributed by atoms with Crippen molar-refractivity contribution in [2.45, 2.75) is 55.9 Å². The Kier molecular flexibility index (Phi) is 3.90. The Hall–Kier alpha value is -1.00. The lowest BCUT2D eigenvalue weighted by Gasteiger charge is -2.56. The molecule has 4 bridgehead atoms. The lowest BCUT2D eigenvalue weighted by atomic mass is 9.56. The average Bonchev–Trinajstić information content (AvgIpc) is 2.58. The molecule has 1 amide bonds. The first-order valence-electron chi connectivity index (χ1n) is 9.78. The number of nitrogens with zero attached hydrogens (tertiary/aromatic N) is 1. The van der Waals surface area contributed by atoms with Crippen LogP contribution in [-0.4, -0.2) is 33.0 Å². The van der Waals surface area contributed by atoms with Crippen LogP contribution in [0.25, 0.3) is 0 Å². The smallest absolute Gasteiger partial charge is 0.232 e. The molecule has 0 radical (unpaired) electrons. The van der Waals surface area contributed by atoms with Crippen molar-refractivity contribution in [1.82, 2.24) is 4.90 Å². The van der Waals surface area contributed by atoms with Gasteiger partial charge in [0.25, 0.3) is 0 Å². The van der Waals surface area contributed by atoms with Gasteiger partial charge in [-0.25, -0.2) is 0 Å². The molecule has 1 aromatic rings. The molecule has 4 heteroatoms. The topological polar surface area (TPSA) is 40.5 Å². The summed E-state index contributed by atoms with van der Waals surface area (Å²) in [5.41, 5.74) is 2.08. The van der Waals surface area contributed by atoms with E-state index in [4.69, 9.17) is 0 Å². The van der Waals surface area contributed by atoms with Crippen LogP contribution in [0.3, 0.4) is 0 Å². The number of thioether (sulfide) groups is 1. The molecule has 1 atom stereocenters. The van der Waals surface area contributed by atoms with Gasteiger partial charge in [-0.15, -0.1) is 11.8 Å². The van der Waals surface area contributed by atoms with Crippen LogP contribution in [0.4, 0.5) is 0 Å². The molecule has 0 spiro atoms. The second-order valence-electron chi connectivity index (χ2n) is 8.88. The van der Waals surface area contributed by atoms with E-state index in [0.717, 1.165) is 28.9 Å². The van der Waals surface area contributed by atoms with E-state index in [-0.39, 0.29) is 5.91 Å². The van der Waals surface area contributed by atoms with E-state index in [9.17, 15) is 9.90 Å². The van der Waals surface area contributed by atoms with Gasteiger partial charge in [0.1, 0.15) is 0 Å². The first-order chi connectivity index (χ1) is 12.1. The number of carbonyl (C=O) groups is 1. The number of aliphatic hydroxyl groups is 1. The Morgan fingerprint density at radius 3 is 2.44 bits per heavy atom. The fourth-order valence-corrected chi connectivity index (χ4v) is 7.96. The molecular formula is C21H27NO2S. The Labute approximate surface area is 154 Å². The normalized spacial score (nSPS) is 38.7. The predicted molar refractivity (Wildman–Crippen MR) is 100 cm³/mol. The molecule has 6 rings (SSSR count). The van der Waals surface area contributed by atoms with Crippen LogP contribution in [0.1, 0.15) is 55.8 Å². The van der Waals surface area contributed by atoms with Crippen molar-refractivity contribution in [2.75, 3.05) is 12.3 Å². The molecule has 134 valence electrons. The van der Waals surface area contributed by atoms with Gasteiger partial charge in [0.2, 0.25) is 5.91 Å². The monoisotopic (exact) mass is 357 g/mol. The number of carbonyl (C=O) groups excluding carboxylic acids is 1. The quantitative estimate of drug-likeness (QED) is 0.895. The summed E-state index contributed by atoms with van der Waals surface area (Å²) in [6, 6.07) is 7.96. The lowest BCUT2D eigenvalue weighted by Crippen LogP contribution is -2.49. The molecular weight excluding hydrogens is 330 g/mol. The highest BCUT2D eigenvalue weighted by atomic mass is 32.2. The van der Waals surface area contributed by atoms with Crippen LogP contribution in [0, 0.1) is 17.8 Å². The number of aliphatic hydroxyl groups excluding tert-OH is 1. The number of amides is 1. The summed E-state index contributed by atoms with van der Waals surface area (Å²) in [6.07, 6.45) is 7.81. The van der Waals surface area contributed by atoms with Crippen molar-refractivity contribution in [2.24, 2.45) is 17.8 Å². The van der Waals surface area contributed by atoms with E-state index in [2.05, 4.69) is 0 Å². The zero-order chi connectivity index (χ0) is 17.0. The highest BCUT2D eigenvalue weighted by Crippen LogP contribution is 2.60. The first-order valence-corrected chi connectivity index (χ1v) is 10.8. The van der Waals surface area contributed by atoms with Crippen LogP contribution in [0.15, 0.2) is 24.3 Å². The summed E-state index contributed by atoms with van der Waals surface area (Å²) in [6.45, 7) is 1.09. The maximum absolute atomic E-state index is 12.8. The van der Waals surface area contributed by atoms with Gasteiger partial charge in [-0.05, 0) is 67.4 Å². The minimum atomic E-state index is -0.543. The van der Waals surface area contributed by atoms with Crippen LogP contribution >= 0.6 is 11.8 Å². The average molecular weight is 358 g/mol. The Morgan fingerprint density at radius 2 is 1.76 bits per heavy atom. The van der Waals surface area contributed by atoms with Crippen LogP contribution in [-0.2, 0) is 11.3 Å². The van der Waals surface area contributed by atoms with Gasteiger partial charge in [0.05, 0.1) is 18.4 Å². The maximum atomic E-state index is 12.8. The number of rotatable bonds is 3. The standard InChI is InChI=1S/C21H27NO2S/c23-19-12-22(11-17-3-1-2-4-18(17)19)20(24)13-25-21-8-14-5-15(9-21)7-16(6-14)10-21/h1-4,14-16,19,23H,5-13H2/t14?,15?,16?,19-,21?/m1/s1. The third-order valence-corrected chi connectivity index (χ3v) is 8.51. The van der Waals surface area contributed by atoms with E-state index in [0.29, 0.717) is 23.6 Å². The van der Waals surface area contributed by atoms with E-state index in [1.165, 1.54) is 38.5 Å². The summed E-state index contributed by atoms with van der Waals surface area (Å²) < 4.78 is 0.386. The molecule has 0 saturated heterocycles. The molecule has 0 aromatic heterocycles. The fourth-order valence-electron chi connectivity index (χ4n) is 6.28. The van der Waals surface area contributed by atoms with E-state index >= 15 is 0 Å². The number of benzene rings is 1. The van der Waals surface area contributed by atoms with Gasteiger partial charge in [0, 0.05) is 11.3 Å². The SMILES string of the molecule is O=C(CSC12CC3CC(CC(C3)C1)C2)N1Cc2ccccc2[C@H](O)C1. The molecule has 0 unspecified atom stereocenters. The van der Waals surface area contributed by atoms with Crippen molar-refractivity contribution in [3.8, 4) is 0 Å². The maximum Gasteiger partial charge on any atom is 0.232 e. The highest BCUT2D eigenvalue weighted by molar-refractivity contribution is 8.01. The van der Waals surface area contributed by atoms with E-state index in [1.807, 2.05) is 40.9 Å². The number of hydrogen-bond donors (Lipinski definition) is 1. The van der Waals surface area contributed by atoms with Crippen molar-refractivity contribution in [3.05, 3.63) is 35.4 Å². The molecule has 1 heterocycles. The fraction of sp³-hybridized carbons (Fsp3) is 0.667. The summed E-state index contributed by atoms with van der Waals surface area (Å²) in [5, 5.41) is 10.4. The van der Waals surface area contributed by atoms with Crippen molar-refractivity contribution in [1.29, 1.82) is 0 Å². The van der Waals surface area contributed by atoms with Crippen LogP contribution in [0.5, 0.6) is 0 Å². The second-order valence-corrected chi connectivity index (χ2v) is 10.3. The second kappa shape index (κ2) is 6.02. The van der Waals surface area contributed by atoms with Gasteiger partial charge in [-0.2, -0.15) is 0 Å². The van der Waals surface area contributed by atoms with E-state index < -0.39 is 6.10 Å². The number of fused-ring (bicyclic) bond motifs is 1. The summed E-state index contributed by atoms with van der Waals surface area (Å²) >= 11 is 1.95. The minimum absolute atomic E-state index is 0.203. The van der Waals surface area contributed by atoms with Crippen LogP contribution in [0.2, 0.25) is 0 Å². The molecule has 1 aliphatic heterocycles. The van der Waals surface area contributed by atoms with Gasteiger partial charge >= 0.3 is 0 Å². The molecule has 1 aromatic carbocycles.